The van der Waals surface area contributed by atoms with E-state index in [0.717, 1.165) is 0 Å². The summed E-state index contributed by atoms with van der Waals surface area (Å²) in [4.78, 5) is 8.44. The zero-order valence-corrected chi connectivity index (χ0v) is 12.2. The Labute approximate surface area is 132 Å². The Hall–Kier alpha value is -2.30. The number of hydrogen-bond acceptors (Lipinski definition) is 3. The van der Waals surface area contributed by atoms with E-state index in [2.05, 4.69) is 9.97 Å². The first-order valence-electron chi connectivity index (χ1n) is 6.65. The molecule has 0 saturated carbocycles. The lowest BCUT2D eigenvalue weighted by Gasteiger charge is -2.12. The number of aliphatic hydroxyl groups is 1. The van der Waals surface area contributed by atoms with E-state index >= 15 is 0 Å². The molecule has 0 fully saturated rings. The lowest BCUT2D eigenvalue weighted by Crippen LogP contribution is -2.02. The molecule has 0 aliphatic carbocycles. The molecule has 0 spiro atoms. The molecule has 22 heavy (non-hydrogen) atoms. The quantitative estimate of drug-likeness (QED) is 0.794. The summed E-state index contributed by atoms with van der Waals surface area (Å²) < 4.78 is 12.9. The maximum Gasteiger partial charge on any atom is 0.159 e. The second-order valence-electron chi connectivity index (χ2n) is 4.77. The van der Waals surface area contributed by atoms with Crippen molar-refractivity contribution in [3.63, 3.8) is 0 Å². The molecule has 3 aromatic rings. The first-order valence-corrected chi connectivity index (χ1v) is 7.03. The van der Waals surface area contributed by atoms with Crippen molar-refractivity contribution in [1.29, 1.82) is 0 Å². The van der Waals surface area contributed by atoms with Crippen molar-refractivity contribution in [2.24, 2.45) is 0 Å². The maximum atomic E-state index is 12.9. The van der Waals surface area contributed by atoms with Crippen molar-refractivity contribution < 1.29 is 9.50 Å². The lowest BCUT2D eigenvalue weighted by molar-refractivity contribution is 0.219. The molecule has 5 heteroatoms. The zero-order valence-electron chi connectivity index (χ0n) is 11.4. The van der Waals surface area contributed by atoms with Crippen LogP contribution < -0.4 is 0 Å². The van der Waals surface area contributed by atoms with Crippen LogP contribution in [0.1, 0.15) is 17.2 Å². The van der Waals surface area contributed by atoms with Gasteiger partial charge >= 0.3 is 0 Å². The Balaban J connectivity index is 1.88. The zero-order chi connectivity index (χ0) is 15.5. The van der Waals surface area contributed by atoms with Crippen molar-refractivity contribution in [3.05, 3.63) is 82.9 Å². The van der Waals surface area contributed by atoms with Crippen molar-refractivity contribution in [1.82, 2.24) is 9.97 Å². The largest absolute Gasteiger partial charge is 0.383 e. The fourth-order valence-electron chi connectivity index (χ4n) is 2.10. The topological polar surface area (TPSA) is 46.0 Å². The van der Waals surface area contributed by atoms with Gasteiger partial charge in [0.05, 0.1) is 0 Å². The minimum Gasteiger partial charge on any atom is -0.383 e. The molecule has 0 aliphatic rings. The Kier molecular flexibility index (Phi) is 4.13. The molecule has 0 bridgehead atoms. The van der Waals surface area contributed by atoms with Crippen LogP contribution in [0.4, 0.5) is 4.39 Å². The molecule has 0 radical (unpaired) electrons. The summed E-state index contributed by atoms with van der Waals surface area (Å²) in [5, 5.41) is 10.8. The van der Waals surface area contributed by atoms with Gasteiger partial charge < -0.3 is 5.11 Å². The van der Waals surface area contributed by atoms with E-state index < -0.39 is 6.10 Å². The molecular weight excluding hydrogens is 303 g/mol. The van der Waals surface area contributed by atoms with E-state index in [0.29, 0.717) is 27.5 Å². The van der Waals surface area contributed by atoms with Gasteiger partial charge in [0, 0.05) is 34.1 Å². The fraction of sp³-hybridized carbons (Fsp3) is 0.0588. The number of rotatable bonds is 3. The second-order valence-corrected chi connectivity index (χ2v) is 5.18. The third-order valence-electron chi connectivity index (χ3n) is 3.29. The van der Waals surface area contributed by atoms with Crippen LogP contribution in [0.5, 0.6) is 0 Å². The first kappa shape index (κ1) is 14.6. The molecule has 1 unspecified atom stereocenters. The third kappa shape index (κ3) is 2.98. The van der Waals surface area contributed by atoms with Gasteiger partial charge in [-0.25, -0.2) is 14.4 Å². The molecule has 1 heterocycles. The van der Waals surface area contributed by atoms with E-state index in [4.69, 9.17) is 11.6 Å². The highest BCUT2D eigenvalue weighted by atomic mass is 35.5. The van der Waals surface area contributed by atoms with Gasteiger partial charge in [0.1, 0.15) is 11.9 Å². The molecule has 1 atom stereocenters. The van der Waals surface area contributed by atoms with Gasteiger partial charge in [-0.3, -0.25) is 0 Å². The number of aliphatic hydroxyl groups excluding tert-OH is 1. The molecule has 3 rings (SSSR count). The number of hydrogen-bond donors (Lipinski definition) is 1. The van der Waals surface area contributed by atoms with E-state index in [1.807, 2.05) is 0 Å². The Morgan fingerprint density at radius 2 is 1.59 bits per heavy atom. The first-order chi connectivity index (χ1) is 10.6. The molecule has 2 aromatic carbocycles. The van der Waals surface area contributed by atoms with Crippen molar-refractivity contribution >= 4 is 11.6 Å². The van der Waals surface area contributed by atoms with Gasteiger partial charge in [-0.1, -0.05) is 29.8 Å². The van der Waals surface area contributed by atoms with Gasteiger partial charge in [0.25, 0.3) is 0 Å². The normalized spacial score (nSPS) is 12.1. The van der Waals surface area contributed by atoms with Gasteiger partial charge in [0.15, 0.2) is 5.82 Å². The maximum absolute atomic E-state index is 12.9. The summed E-state index contributed by atoms with van der Waals surface area (Å²) in [7, 11) is 0. The smallest absolute Gasteiger partial charge is 0.159 e. The van der Waals surface area contributed by atoms with Crippen LogP contribution in [0.3, 0.4) is 0 Å². The minimum atomic E-state index is -0.893. The SMILES string of the molecule is OC(c1cnc(-c2ccc(F)cc2)nc1)c1ccccc1Cl. The van der Waals surface area contributed by atoms with Crippen LogP contribution in [-0.2, 0) is 0 Å². The molecule has 0 amide bonds. The van der Waals surface area contributed by atoms with Crippen LogP contribution in [-0.4, -0.2) is 15.1 Å². The monoisotopic (exact) mass is 314 g/mol. The fourth-order valence-corrected chi connectivity index (χ4v) is 2.34. The molecular formula is C17H12ClFN2O. The van der Waals surface area contributed by atoms with Gasteiger partial charge in [0.2, 0.25) is 0 Å². The molecule has 1 aromatic heterocycles. The highest BCUT2D eigenvalue weighted by Gasteiger charge is 2.14. The molecule has 0 aliphatic heterocycles. The molecule has 3 nitrogen and oxygen atoms in total. The summed E-state index contributed by atoms with van der Waals surface area (Å²) in [5.74, 6) is 0.157. The lowest BCUT2D eigenvalue weighted by atomic mass is 10.0. The minimum absolute atomic E-state index is 0.311. The average molecular weight is 315 g/mol. The van der Waals surface area contributed by atoms with E-state index in [9.17, 15) is 9.50 Å². The van der Waals surface area contributed by atoms with Gasteiger partial charge in [-0.15, -0.1) is 0 Å². The summed E-state index contributed by atoms with van der Waals surface area (Å²) in [6.45, 7) is 0. The van der Waals surface area contributed by atoms with Crippen LogP contribution in [0.2, 0.25) is 5.02 Å². The molecule has 0 saturated heterocycles. The number of halogens is 2. The summed E-state index contributed by atoms with van der Waals surface area (Å²) in [6, 6.07) is 13.0. The van der Waals surface area contributed by atoms with Crippen LogP contribution in [0.25, 0.3) is 11.4 Å². The van der Waals surface area contributed by atoms with Crippen LogP contribution in [0, 0.1) is 5.82 Å². The van der Waals surface area contributed by atoms with Crippen molar-refractivity contribution in [3.8, 4) is 11.4 Å². The van der Waals surface area contributed by atoms with Crippen molar-refractivity contribution in [2.75, 3.05) is 0 Å². The van der Waals surface area contributed by atoms with Crippen LogP contribution >= 0.6 is 11.6 Å². The van der Waals surface area contributed by atoms with Crippen molar-refractivity contribution in [2.45, 2.75) is 6.10 Å². The Morgan fingerprint density at radius 1 is 0.955 bits per heavy atom. The number of benzene rings is 2. The van der Waals surface area contributed by atoms with E-state index in [-0.39, 0.29) is 5.82 Å². The van der Waals surface area contributed by atoms with Gasteiger partial charge in [-0.2, -0.15) is 0 Å². The average Bonchev–Trinajstić information content (AvgIpc) is 2.56. The summed E-state index contributed by atoms with van der Waals surface area (Å²) in [6.07, 6.45) is 2.19. The van der Waals surface area contributed by atoms with E-state index in [1.165, 1.54) is 12.1 Å². The Bertz CT molecular complexity index is 775. The van der Waals surface area contributed by atoms with E-state index in [1.54, 1.807) is 48.8 Å². The van der Waals surface area contributed by atoms with Gasteiger partial charge in [-0.05, 0) is 30.3 Å². The number of aromatic nitrogens is 2. The number of nitrogens with zero attached hydrogens (tertiary/aromatic N) is 2. The standard InChI is InChI=1S/C17H12ClFN2O/c18-15-4-2-1-3-14(15)16(22)12-9-20-17(21-10-12)11-5-7-13(19)8-6-11/h1-10,16,22H. The Morgan fingerprint density at radius 3 is 2.23 bits per heavy atom. The summed E-state index contributed by atoms with van der Waals surface area (Å²) >= 11 is 6.07. The second kappa shape index (κ2) is 6.22. The third-order valence-corrected chi connectivity index (χ3v) is 3.63. The summed E-state index contributed by atoms with van der Waals surface area (Å²) in [5.41, 5.74) is 1.85. The highest BCUT2D eigenvalue weighted by Crippen LogP contribution is 2.27. The highest BCUT2D eigenvalue weighted by molar-refractivity contribution is 6.31. The van der Waals surface area contributed by atoms with Crippen LogP contribution in [0.15, 0.2) is 60.9 Å². The molecule has 1 N–H and O–H groups in total. The predicted molar refractivity (Wildman–Crippen MR) is 82.9 cm³/mol. The predicted octanol–water partition coefficient (Wildman–Crippen LogP) is 4.02. The molecule has 110 valence electrons.